The van der Waals surface area contributed by atoms with Gasteiger partial charge in [0.05, 0.1) is 12.6 Å². The first-order valence-corrected chi connectivity index (χ1v) is 7.66. The molecule has 2 unspecified atom stereocenters. The van der Waals surface area contributed by atoms with Crippen LogP contribution in [0.25, 0.3) is 0 Å². The molecule has 0 spiro atoms. The Hall–Kier alpha value is -1.30. The smallest absolute Gasteiger partial charge is 0.407 e. The van der Waals surface area contributed by atoms with Crippen molar-refractivity contribution in [2.45, 2.75) is 51.1 Å². The highest BCUT2D eigenvalue weighted by atomic mass is 16.5. The molecule has 0 aromatic heterocycles. The Morgan fingerprint density at radius 2 is 2.15 bits per heavy atom. The number of alkyl carbamates (subject to hydrolysis) is 1. The number of ether oxygens (including phenoxy) is 1. The van der Waals surface area contributed by atoms with E-state index in [9.17, 15) is 9.59 Å². The summed E-state index contributed by atoms with van der Waals surface area (Å²) in [4.78, 5) is 25.7. The van der Waals surface area contributed by atoms with E-state index >= 15 is 0 Å². The van der Waals surface area contributed by atoms with E-state index in [0.717, 1.165) is 45.2 Å². The van der Waals surface area contributed by atoms with Crippen molar-refractivity contribution in [3.8, 4) is 0 Å². The Morgan fingerprint density at radius 3 is 2.85 bits per heavy atom. The van der Waals surface area contributed by atoms with Gasteiger partial charge in [-0.25, -0.2) is 4.79 Å². The summed E-state index contributed by atoms with van der Waals surface area (Å²) in [5, 5.41) is 6.12. The molecule has 6 nitrogen and oxygen atoms in total. The molecule has 2 saturated heterocycles. The zero-order valence-corrected chi connectivity index (χ0v) is 12.2. The number of carbonyl (C=O) groups is 2. The van der Waals surface area contributed by atoms with Gasteiger partial charge >= 0.3 is 6.09 Å². The fourth-order valence-corrected chi connectivity index (χ4v) is 2.92. The number of carbonyl (C=O) groups excluding carboxylic acids is 2. The molecule has 2 aliphatic heterocycles. The fourth-order valence-electron chi connectivity index (χ4n) is 2.92. The van der Waals surface area contributed by atoms with E-state index in [4.69, 9.17) is 4.74 Å². The van der Waals surface area contributed by atoms with Crippen LogP contribution in [0.4, 0.5) is 4.79 Å². The van der Waals surface area contributed by atoms with Gasteiger partial charge in [0.15, 0.2) is 0 Å². The molecule has 6 heteroatoms. The van der Waals surface area contributed by atoms with Crippen molar-refractivity contribution in [2.75, 3.05) is 26.2 Å². The molecule has 0 aliphatic carbocycles. The number of hydrogen-bond donors (Lipinski definition) is 2. The number of likely N-dealkylation sites (tertiary alicyclic amines) is 1. The molecule has 0 saturated carbocycles. The van der Waals surface area contributed by atoms with Crippen LogP contribution in [0.5, 0.6) is 0 Å². The first-order chi connectivity index (χ1) is 9.70. The quantitative estimate of drug-likeness (QED) is 0.806. The van der Waals surface area contributed by atoms with Crippen molar-refractivity contribution in [1.82, 2.24) is 15.5 Å². The zero-order chi connectivity index (χ0) is 14.4. The number of nitrogens with one attached hydrogen (secondary N) is 2. The zero-order valence-electron chi connectivity index (χ0n) is 12.2. The molecule has 2 atom stereocenters. The molecule has 114 valence electrons. The second-order valence-corrected chi connectivity index (χ2v) is 5.49. The summed E-state index contributed by atoms with van der Waals surface area (Å²) >= 11 is 0. The second-order valence-electron chi connectivity index (χ2n) is 5.49. The molecular weight excluding hydrogens is 258 g/mol. The molecule has 2 fully saturated rings. The van der Waals surface area contributed by atoms with Crippen LogP contribution in [0.15, 0.2) is 0 Å². The Kier molecular flexibility index (Phi) is 5.64. The van der Waals surface area contributed by atoms with Crippen LogP contribution in [0, 0.1) is 0 Å². The van der Waals surface area contributed by atoms with Gasteiger partial charge in [-0.3, -0.25) is 4.79 Å². The summed E-state index contributed by atoms with van der Waals surface area (Å²) in [6.45, 7) is 4.46. The van der Waals surface area contributed by atoms with Crippen LogP contribution in [0.3, 0.4) is 0 Å². The lowest BCUT2D eigenvalue weighted by Gasteiger charge is -2.36. The first kappa shape index (κ1) is 15.1. The molecule has 20 heavy (non-hydrogen) atoms. The van der Waals surface area contributed by atoms with Gasteiger partial charge in [0, 0.05) is 19.1 Å². The van der Waals surface area contributed by atoms with Crippen LogP contribution in [0.2, 0.25) is 0 Å². The van der Waals surface area contributed by atoms with E-state index in [1.165, 1.54) is 0 Å². The molecule has 0 radical (unpaired) electrons. The predicted molar refractivity (Wildman–Crippen MR) is 75.4 cm³/mol. The third kappa shape index (κ3) is 4.10. The van der Waals surface area contributed by atoms with E-state index in [2.05, 4.69) is 10.6 Å². The van der Waals surface area contributed by atoms with E-state index in [1.807, 2.05) is 4.90 Å². The minimum atomic E-state index is -0.386. The minimum absolute atomic E-state index is 0.00957. The van der Waals surface area contributed by atoms with E-state index in [-0.39, 0.29) is 24.1 Å². The summed E-state index contributed by atoms with van der Waals surface area (Å²) in [5.74, 6) is 0.181. The average molecular weight is 283 g/mol. The van der Waals surface area contributed by atoms with Crippen LogP contribution in [-0.2, 0) is 9.53 Å². The Labute approximate surface area is 120 Å². The lowest BCUT2D eigenvalue weighted by atomic mass is 10.0. The molecule has 2 amide bonds. The molecule has 0 aromatic rings. The highest BCUT2D eigenvalue weighted by molar-refractivity contribution is 5.82. The normalized spacial score (nSPS) is 26.9. The van der Waals surface area contributed by atoms with Crippen LogP contribution in [0.1, 0.15) is 39.0 Å². The van der Waals surface area contributed by atoms with E-state index in [0.29, 0.717) is 13.2 Å². The van der Waals surface area contributed by atoms with E-state index in [1.54, 1.807) is 6.92 Å². The molecule has 2 heterocycles. The highest BCUT2D eigenvalue weighted by Gasteiger charge is 2.30. The standard InChI is InChI=1S/C14H25N3O3/c1-2-20-14(19)16-11-6-5-9-17(10-11)13(18)12-7-3-4-8-15-12/h11-12,15H,2-10H2,1H3,(H,16,19). The number of rotatable bonds is 3. The molecule has 0 aromatic carbocycles. The lowest BCUT2D eigenvalue weighted by Crippen LogP contribution is -2.55. The van der Waals surface area contributed by atoms with E-state index < -0.39 is 0 Å². The first-order valence-electron chi connectivity index (χ1n) is 7.66. The third-order valence-electron chi connectivity index (χ3n) is 3.94. The summed E-state index contributed by atoms with van der Waals surface area (Å²) < 4.78 is 4.89. The number of hydrogen-bond acceptors (Lipinski definition) is 4. The van der Waals surface area contributed by atoms with Crippen molar-refractivity contribution in [2.24, 2.45) is 0 Å². The molecule has 0 bridgehead atoms. The maximum absolute atomic E-state index is 12.4. The maximum atomic E-state index is 12.4. The monoisotopic (exact) mass is 283 g/mol. The summed E-state index contributed by atoms with van der Waals surface area (Å²) in [5.41, 5.74) is 0. The second kappa shape index (κ2) is 7.47. The summed E-state index contributed by atoms with van der Waals surface area (Å²) in [6, 6.07) is -0.0274. The van der Waals surface area contributed by atoms with Crippen LogP contribution in [-0.4, -0.2) is 55.2 Å². The van der Waals surface area contributed by atoms with Gasteiger partial charge in [0.25, 0.3) is 0 Å². The van der Waals surface area contributed by atoms with Gasteiger partial charge in [-0.05, 0) is 39.2 Å². The number of piperidine rings is 2. The van der Waals surface area contributed by atoms with Crippen molar-refractivity contribution in [3.63, 3.8) is 0 Å². The van der Waals surface area contributed by atoms with Gasteiger partial charge in [-0.2, -0.15) is 0 Å². The largest absolute Gasteiger partial charge is 0.450 e. The third-order valence-corrected chi connectivity index (χ3v) is 3.94. The van der Waals surface area contributed by atoms with Gasteiger partial charge in [0.1, 0.15) is 0 Å². The van der Waals surface area contributed by atoms with Crippen molar-refractivity contribution >= 4 is 12.0 Å². The number of amides is 2. The van der Waals surface area contributed by atoms with Crippen molar-refractivity contribution < 1.29 is 14.3 Å². The van der Waals surface area contributed by atoms with Crippen LogP contribution < -0.4 is 10.6 Å². The van der Waals surface area contributed by atoms with Gasteiger partial charge in [-0.1, -0.05) is 6.42 Å². The Balaban J connectivity index is 1.82. The van der Waals surface area contributed by atoms with Gasteiger partial charge in [0.2, 0.25) is 5.91 Å². The lowest BCUT2D eigenvalue weighted by molar-refractivity contribution is -0.135. The van der Waals surface area contributed by atoms with Gasteiger partial charge in [-0.15, -0.1) is 0 Å². The topological polar surface area (TPSA) is 70.7 Å². The van der Waals surface area contributed by atoms with Crippen molar-refractivity contribution in [1.29, 1.82) is 0 Å². The Morgan fingerprint density at radius 1 is 1.30 bits per heavy atom. The molecule has 2 rings (SSSR count). The minimum Gasteiger partial charge on any atom is -0.450 e. The van der Waals surface area contributed by atoms with Crippen LogP contribution >= 0.6 is 0 Å². The fraction of sp³-hybridized carbons (Fsp3) is 0.857. The SMILES string of the molecule is CCOC(=O)NC1CCCN(C(=O)C2CCCCN2)C1. The maximum Gasteiger partial charge on any atom is 0.407 e. The average Bonchev–Trinajstić information content (AvgIpc) is 2.48. The summed E-state index contributed by atoms with van der Waals surface area (Å²) in [6.07, 6.45) is 4.63. The van der Waals surface area contributed by atoms with Gasteiger partial charge < -0.3 is 20.3 Å². The Bertz CT molecular complexity index is 343. The van der Waals surface area contributed by atoms with Crippen molar-refractivity contribution in [3.05, 3.63) is 0 Å². The molecule has 2 aliphatic rings. The predicted octanol–water partition coefficient (Wildman–Crippen LogP) is 0.866. The highest BCUT2D eigenvalue weighted by Crippen LogP contribution is 2.15. The summed E-state index contributed by atoms with van der Waals surface area (Å²) in [7, 11) is 0. The number of nitrogens with zero attached hydrogens (tertiary/aromatic N) is 1. The molecule has 2 N–H and O–H groups in total. The molecular formula is C14H25N3O3.